The van der Waals surface area contributed by atoms with Gasteiger partial charge in [0.25, 0.3) is 0 Å². The summed E-state index contributed by atoms with van der Waals surface area (Å²) in [6, 6.07) is 20.3. The van der Waals surface area contributed by atoms with E-state index in [-0.39, 0.29) is 11.7 Å². The molecule has 2 heterocycles. The van der Waals surface area contributed by atoms with Gasteiger partial charge in [-0.05, 0) is 48.7 Å². The van der Waals surface area contributed by atoms with Crippen molar-refractivity contribution in [3.63, 3.8) is 0 Å². The van der Waals surface area contributed by atoms with Gasteiger partial charge in [0.15, 0.2) is 0 Å². The number of benzene rings is 2. The van der Waals surface area contributed by atoms with Gasteiger partial charge in [0.1, 0.15) is 18.2 Å². The van der Waals surface area contributed by atoms with Crippen LogP contribution in [0.3, 0.4) is 0 Å². The summed E-state index contributed by atoms with van der Waals surface area (Å²) in [6.45, 7) is 4.34. The number of nitrogens with one attached hydrogen (secondary N) is 1. The maximum absolute atomic E-state index is 13.4. The van der Waals surface area contributed by atoms with E-state index in [1.54, 1.807) is 18.3 Å². The fraction of sp³-hybridized carbons (Fsp3) is 0.308. The Labute approximate surface area is 188 Å². The van der Waals surface area contributed by atoms with Crippen LogP contribution in [0.15, 0.2) is 72.9 Å². The van der Waals surface area contributed by atoms with Crippen LogP contribution in [0.25, 0.3) is 0 Å². The molecule has 4 rings (SSSR count). The van der Waals surface area contributed by atoms with Gasteiger partial charge in [-0.15, -0.1) is 0 Å². The number of nitrogens with zero attached hydrogens (tertiary/aromatic N) is 2. The molecule has 1 N–H and O–H groups in total. The average molecular weight is 434 g/mol. The number of rotatable bonds is 7. The zero-order valence-corrected chi connectivity index (χ0v) is 18.3. The molecule has 3 aromatic rings. The summed E-state index contributed by atoms with van der Waals surface area (Å²) in [6.07, 6.45) is 3.28. The summed E-state index contributed by atoms with van der Waals surface area (Å²) in [7, 11) is 0. The fourth-order valence-corrected chi connectivity index (χ4v) is 4.34. The summed E-state index contributed by atoms with van der Waals surface area (Å²) >= 11 is 0. The van der Waals surface area contributed by atoms with Gasteiger partial charge in [-0.2, -0.15) is 0 Å². The lowest BCUT2D eigenvalue weighted by Crippen LogP contribution is -2.52. The Morgan fingerprint density at radius 1 is 1.06 bits per heavy atom. The van der Waals surface area contributed by atoms with Crippen molar-refractivity contribution in [3.8, 4) is 5.75 Å². The number of aromatic nitrogens is 1. The van der Waals surface area contributed by atoms with Crippen molar-refractivity contribution in [1.29, 1.82) is 0 Å². The van der Waals surface area contributed by atoms with Crippen molar-refractivity contribution in [1.82, 2.24) is 15.2 Å². The molecule has 2 aromatic carbocycles. The molecule has 32 heavy (non-hydrogen) atoms. The van der Waals surface area contributed by atoms with Gasteiger partial charge in [-0.1, -0.05) is 36.4 Å². The molecule has 0 radical (unpaired) electrons. The number of likely N-dealkylation sites (tertiary alicyclic amines) is 1. The minimum atomic E-state index is -0.467. The molecule has 0 atom stereocenters. The van der Waals surface area contributed by atoms with Gasteiger partial charge in [0.05, 0.1) is 11.2 Å². The molecular formula is C26H28FN3O2. The molecule has 1 amide bonds. The van der Waals surface area contributed by atoms with Gasteiger partial charge in [-0.25, -0.2) is 4.39 Å². The van der Waals surface area contributed by atoms with E-state index >= 15 is 0 Å². The third-order valence-corrected chi connectivity index (χ3v) is 5.99. The number of piperidine rings is 1. The van der Waals surface area contributed by atoms with Crippen LogP contribution in [0.1, 0.15) is 36.6 Å². The molecule has 0 bridgehead atoms. The monoisotopic (exact) mass is 433 g/mol. The lowest BCUT2D eigenvalue weighted by Gasteiger charge is -2.42. The van der Waals surface area contributed by atoms with Crippen LogP contribution < -0.4 is 10.1 Å². The fourth-order valence-electron chi connectivity index (χ4n) is 4.34. The molecule has 1 saturated heterocycles. The van der Waals surface area contributed by atoms with Gasteiger partial charge >= 0.3 is 0 Å². The number of hydrogen-bond donors (Lipinski definition) is 1. The van der Waals surface area contributed by atoms with Crippen LogP contribution in [0.5, 0.6) is 5.75 Å². The molecule has 0 unspecified atom stereocenters. The van der Waals surface area contributed by atoms with E-state index in [4.69, 9.17) is 4.74 Å². The molecule has 1 aliphatic heterocycles. The van der Waals surface area contributed by atoms with Crippen LogP contribution in [-0.4, -0.2) is 28.9 Å². The highest BCUT2D eigenvalue weighted by atomic mass is 19.1. The summed E-state index contributed by atoms with van der Waals surface area (Å²) in [5, 5.41) is 3.15. The third kappa shape index (κ3) is 5.32. The van der Waals surface area contributed by atoms with Crippen molar-refractivity contribution >= 4 is 5.91 Å². The maximum Gasteiger partial charge on any atom is 0.217 e. The van der Waals surface area contributed by atoms with E-state index in [1.165, 1.54) is 19.1 Å². The molecule has 1 aliphatic rings. The third-order valence-electron chi connectivity index (χ3n) is 5.99. The Bertz CT molecular complexity index is 1030. The summed E-state index contributed by atoms with van der Waals surface area (Å²) in [4.78, 5) is 18.6. The second-order valence-electron chi connectivity index (χ2n) is 8.26. The Morgan fingerprint density at radius 3 is 2.47 bits per heavy atom. The van der Waals surface area contributed by atoms with E-state index < -0.39 is 5.54 Å². The van der Waals surface area contributed by atoms with E-state index in [0.29, 0.717) is 6.61 Å². The van der Waals surface area contributed by atoms with E-state index in [1.807, 2.05) is 36.4 Å². The number of para-hydroxylation sites is 1. The largest absolute Gasteiger partial charge is 0.487 e. The summed E-state index contributed by atoms with van der Waals surface area (Å²) < 4.78 is 19.5. The first kappa shape index (κ1) is 22.0. The van der Waals surface area contributed by atoms with Crippen molar-refractivity contribution in [2.24, 2.45) is 0 Å². The van der Waals surface area contributed by atoms with Gasteiger partial charge < -0.3 is 10.1 Å². The number of hydrogen-bond acceptors (Lipinski definition) is 4. The minimum Gasteiger partial charge on any atom is -0.487 e. The Kier molecular flexibility index (Phi) is 6.81. The number of carbonyl (C=O) groups is 1. The quantitative estimate of drug-likeness (QED) is 0.599. The first-order valence-electron chi connectivity index (χ1n) is 10.9. The average Bonchev–Trinajstić information content (AvgIpc) is 2.81. The Hall–Kier alpha value is -3.25. The molecule has 5 nitrogen and oxygen atoms in total. The Morgan fingerprint density at radius 2 is 1.78 bits per heavy atom. The summed E-state index contributed by atoms with van der Waals surface area (Å²) in [5.74, 6) is 0.512. The van der Waals surface area contributed by atoms with Crippen LogP contribution in [-0.2, 0) is 23.5 Å². The number of ether oxygens (including phenoxy) is 1. The van der Waals surface area contributed by atoms with Gasteiger partial charge in [0, 0.05) is 38.3 Å². The van der Waals surface area contributed by atoms with Crippen molar-refractivity contribution in [2.45, 2.75) is 38.5 Å². The predicted octanol–water partition coefficient (Wildman–Crippen LogP) is 4.43. The van der Waals surface area contributed by atoms with Crippen LogP contribution in [0, 0.1) is 5.82 Å². The van der Waals surface area contributed by atoms with Crippen LogP contribution >= 0.6 is 0 Å². The number of pyridine rings is 1. The first-order valence-corrected chi connectivity index (χ1v) is 10.9. The lowest BCUT2D eigenvalue weighted by molar-refractivity contribution is -0.121. The SMILES string of the molecule is CC(=O)NC1(c2ccc(F)cc2)CCN(Cc2ccccc2OCc2ccccn2)CC1. The van der Waals surface area contributed by atoms with E-state index in [2.05, 4.69) is 21.3 Å². The van der Waals surface area contributed by atoms with Crippen molar-refractivity contribution in [3.05, 3.63) is 95.6 Å². The molecule has 166 valence electrons. The van der Waals surface area contributed by atoms with Crippen LogP contribution in [0.2, 0.25) is 0 Å². The molecule has 1 fully saturated rings. The van der Waals surface area contributed by atoms with E-state index in [9.17, 15) is 9.18 Å². The topological polar surface area (TPSA) is 54.5 Å². The van der Waals surface area contributed by atoms with Gasteiger partial charge in [-0.3, -0.25) is 14.7 Å². The highest BCUT2D eigenvalue weighted by molar-refractivity contribution is 5.74. The Balaban J connectivity index is 1.43. The molecule has 1 aromatic heterocycles. The molecular weight excluding hydrogens is 405 g/mol. The molecule has 0 aliphatic carbocycles. The van der Waals surface area contributed by atoms with E-state index in [0.717, 1.165) is 55.0 Å². The zero-order valence-electron chi connectivity index (χ0n) is 18.3. The maximum atomic E-state index is 13.4. The second-order valence-corrected chi connectivity index (χ2v) is 8.26. The van der Waals surface area contributed by atoms with Crippen LogP contribution in [0.4, 0.5) is 4.39 Å². The summed E-state index contributed by atoms with van der Waals surface area (Å²) in [5.41, 5.74) is 2.50. The normalized spacial score (nSPS) is 15.8. The molecule has 0 spiro atoms. The standard InChI is InChI=1S/C26H28FN3O2/c1-20(31)29-26(22-9-11-23(27)12-10-22)13-16-30(17-14-26)18-21-6-2-3-8-25(21)32-19-24-7-4-5-15-28-24/h2-12,15H,13-14,16-19H2,1H3,(H,29,31). The predicted molar refractivity (Wildman–Crippen MR) is 121 cm³/mol. The first-order chi connectivity index (χ1) is 15.5. The number of halogens is 1. The lowest BCUT2D eigenvalue weighted by atomic mass is 9.80. The van der Waals surface area contributed by atoms with Crippen molar-refractivity contribution < 1.29 is 13.9 Å². The highest BCUT2D eigenvalue weighted by Crippen LogP contribution is 2.34. The molecule has 6 heteroatoms. The number of carbonyl (C=O) groups excluding carboxylic acids is 1. The highest BCUT2D eigenvalue weighted by Gasteiger charge is 2.37. The molecule has 0 saturated carbocycles. The number of amides is 1. The smallest absolute Gasteiger partial charge is 0.217 e. The van der Waals surface area contributed by atoms with Crippen molar-refractivity contribution in [2.75, 3.05) is 13.1 Å². The minimum absolute atomic E-state index is 0.0731. The zero-order chi connectivity index (χ0) is 22.4. The van der Waals surface area contributed by atoms with Gasteiger partial charge in [0.2, 0.25) is 5.91 Å². The second kappa shape index (κ2) is 9.92.